The molecule has 4 N–H and O–H groups in total. The van der Waals surface area contributed by atoms with Gasteiger partial charge in [0, 0.05) is 30.1 Å². The minimum absolute atomic E-state index is 0.0551. The molecule has 4 rings (SSSR count). The van der Waals surface area contributed by atoms with E-state index in [9.17, 15) is 9.82 Å². The molecule has 9 heteroatoms. The van der Waals surface area contributed by atoms with Gasteiger partial charge in [0.05, 0.1) is 12.6 Å². The zero-order valence-corrected chi connectivity index (χ0v) is 15.0. The van der Waals surface area contributed by atoms with Crippen molar-refractivity contribution in [2.24, 2.45) is 11.7 Å². The van der Waals surface area contributed by atoms with Gasteiger partial charge >= 0.3 is 7.12 Å². The van der Waals surface area contributed by atoms with Crippen molar-refractivity contribution in [3.05, 3.63) is 41.5 Å². The average Bonchev–Trinajstić information content (AvgIpc) is 3.05. The highest BCUT2D eigenvalue weighted by molar-refractivity contribution is 6.51. The van der Waals surface area contributed by atoms with Gasteiger partial charge in [-0.1, -0.05) is 13.0 Å². The zero-order chi connectivity index (χ0) is 19.0. The van der Waals surface area contributed by atoms with Crippen LogP contribution in [0.25, 0.3) is 6.08 Å². The number of primary amides is 1. The highest BCUT2D eigenvalue weighted by Crippen LogP contribution is 2.31. The maximum absolute atomic E-state index is 11.9. The number of ether oxygens (including phenoxy) is 1. The van der Waals surface area contributed by atoms with E-state index in [-0.39, 0.29) is 6.04 Å². The second-order valence-electron chi connectivity index (χ2n) is 6.89. The average molecular weight is 368 g/mol. The summed E-state index contributed by atoms with van der Waals surface area (Å²) in [6, 6.07) is 5.51. The maximum atomic E-state index is 11.9. The molecule has 1 aromatic carbocycles. The molecule has 1 saturated heterocycles. The number of carbonyl (C=O) groups excluding carboxylic acids is 1. The molecule has 27 heavy (non-hydrogen) atoms. The predicted octanol–water partition coefficient (Wildman–Crippen LogP) is 1.75. The maximum Gasteiger partial charge on any atom is 0.552 e. The van der Waals surface area contributed by atoms with Gasteiger partial charge in [-0.3, -0.25) is 9.48 Å². The number of nitrogens with zero attached hydrogens (tertiary/aromatic N) is 2. The Morgan fingerprint density at radius 1 is 1.48 bits per heavy atom. The van der Waals surface area contributed by atoms with Gasteiger partial charge in [0.25, 0.3) is 5.91 Å². The van der Waals surface area contributed by atoms with Crippen LogP contribution in [0.5, 0.6) is 5.75 Å². The Kier molecular flexibility index (Phi) is 4.63. The van der Waals surface area contributed by atoms with Crippen LogP contribution in [0.15, 0.2) is 30.4 Å². The standard InChI is InChI=1S/C18H21BN4O4/c1-11-5-7-26-10-15(11)23-9-14(17(20)24)18(22-23)21-13-3-2-12-4-6-19(25)27-16(12)8-13/h2-4,6,8-9,11,15,25H,5,7,10H2,1H3,(H2,20,24)(H,21,22)/t11-,15-/m0/s1. The van der Waals surface area contributed by atoms with Gasteiger partial charge < -0.3 is 25.5 Å². The number of fused-ring (bicyclic) bond motifs is 1. The first-order valence-electron chi connectivity index (χ1n) is 8.92. The highest BCUT2D eigenvalue weighted by atomic mass is 16.5. The van der Waals surface area contributed by atoms with E-state index < -0.39 is 13.0 Å². The Balaban J connectivity index is 1.62. The van der Waals surface area contributed by atoms with Gasteiger partial charge in [0.15, 0.2) is 5.82 Å². The molecule has 2 aliphatic heterocycles. The normalized spacial score (nSPS) is 21.5. The highest BCUT2D eigenvalue weighted by Gasteiger charge is 2.27. The number of aromatic nitrogens is 2. The number of amides is 1. The van der Waals surface area contributed by atoms with Crippen LogP contribution in [0.1, 0.15) is 35.3 Å². The van der Waals surface area contributed by atoms with Crippen molar-refractivity contribution >= 4 is 30.6 Å². The van der Waals surface area contributed by atoms with Crippen molar-refractivity contribution in [3.63, 3.8) is 0 Å². The molecule has 8 nitrogen and oxygen atoms in total. The quantitative estimate of drug-likeness (QED) is 0.709. The molecule has 1 aromatic heterocycles. The molecule has 0 spiro atoms. The van der Waals surface area contributed by atoms with Crippen LogP contribution in [0.4, 0.5) is 11.5 Å². The fourth-order valence-electron chi connectivity index (χ4n) is 3.35. The van der Waals surface area contributed by atoms with Crippen LogP contribution < -0.4 is 15.7 Å². The summed E-state index contributed by atoms with van der Waals surface area (Å²) in [5, 5.41) is 17.3. The fraction of sp³-hybridized carbons (Fsp3) is 0.333. The lowest BCUT2D eigenvalue weighted by Gasteiger charge is -2.28. The minimum Gasteiger partial charge on any atom is -0.532 e. The predicted molar refractivity (Wildman–Crippen MR) is 102 cm³/mol. The number of hydrogen-bond acceptors (Lipinski definition) is 6. The minimum atomic E-state index is -0.971. The summed E-state index contributed by atoms with van der Waals surface area (Å²) in [4.78, 5) is 11.9. The van der Waals surface area contributed by atoms with Crippen molar-refractivity contribution in [2.75, 3.05) is 18.5 Å². The summed E-state index contributed by atoms with van der Waals surface area (Å²) in [6.45, 7) is 3.44. The molecular weight excluding hydrogens is 347 g/mol. The van der Waals surface area contributed by atoms with Crippen LogP contribution in [0, 0.1) is 5.92 Å². The van der Waals surface area contributed by atoms with E-state index in [1.54, 1.807) is 29.0 Å². The summed E-state index contributed by atoms with van der Waals surface area (Å²) >= 11 is 0. The molecule has 1 fully saturated rings. The van der Waals surface area contributed by atoms with Crippen LogP contribution in [0.2, 0.25) is 0 Å². The van der Waals surface area contributed by atoms with Crippen molar-refractivity contribution < 1.29 is 19.2 Å². The molecule has 0 radical (unpaired) electrons. The van der Waals surface area contributed by atoms with E-state index in [0.29, 0.717) is 35.3 Å². The Hall–Kier alpha value is -2.78. The van der Waals surface area contributed by atoms with Crippen LogP contribution in [-0.2, 0) is 4.74 Å². The van der Waals surface area contributed by atoms with Gasteiger partial charge in [0.2, 0.25) is 0 Å². The summed E-state index contributed by atoms with van der Waals surface area (Å²) in [5.74, 6) is 2.32. The Morgan fingerprint density at radius 3 is 3.11 bits per heavy atom. The number of hydrogen-bond donors (Lipinski definition) is 3. The Bertz CT molecular complexity index is 897. The van der Waals surface area contributed by atoms with Crippen molar-refractivity contribution in [3.8, 4) is 5.75 Å². The summed E-state index contributed by atoms with van der Waals surface area (Å²) in [7, 11) is -0.971. The van der Waals surface area contributed by atoms with Crippen molar-refractivity contribution in [1.82, 2.24) is 9.78 Å². The first kappa shape index (κ1) is 17.6. The van der Waals surface area contributed by atoms with E-state index in [2.05, 4.69) is 17.3 Å². The molecule has 1 amide bonds. The number of anilines is 2. The Morgan fingerprint density at radius 2 is 2.33 bits per heavy atom. The van der Waals surface area contributed by atoms with Crippen molar-refractivity contribution in [2.45, 2.75) is 19.4 Å². The monoisotopic (exact) mass is 368 g/mol. The summed E-state index contributed by atoms with van der Waals surface area (Å²) in [5.41, 5.74) is 7.39. The van der Waals surface area contributed by atoms with E-state index in [1.165, 1.54) is 0 Å². The van der Waals surface area contributed by atoms with Crippen molar-refractivity contribution in [1.29, 1.82) is 0 Å². The first-order chi connectivity index (χ1) is 13.0. The topological polar surface area (TPSA) is 112 Å². The fourth-order valence-corrected chi connectivity index (χ4v) is 3.35. The molecule has 0 bridgehead atoms. The molecule has 140 valence electrons. The molecule has 2 atom stereocenters. The van der Waals surface area contributed by atoms with E-state index in [4.69, 9.17) is 15.1 Å². The number of rotatable bonds is 4. The molecule has 0 aliphatic carbocycles. The first-order valence-corrected chi connectivity index (χ1v) is 8.92. The Labute approximate surface area is 157 Å². The molecule has 2 aromatic rings. The third-order valence-corrected chi connectivity index (χ3v) is 4.96. The van der Waals surface area contributed by atoms with Gasteiger partial charge in [-0.2, -0.15) is 5.10 Å². The van der Waals surface area contributed by atoms with Gasteiger partial charge in [0.1, 0.15) is 11.3 Å². The smallest absolute Gasteiger partial charge is 0.532 e. The second kappa shape index (κ2) is 7.09. The molecule has 0 saturated carbocycles. The zero-order valence-electron chi connectivity index (χ0n) is 15.0. The van der Waals surface area contributed by atoms with Gasteiger partial charge in [-0.05, 0) is 30.4 Å². The van der Waals surface area contributed by atoms with Crippen LogP contribution >= 0.6 is 0 Å². The SMILES string of the molecule is C[C@H]1CCOC[C@@H]1n1cc(C(N)=O)c(Nc2ccc3c(c2)OB(O)C=C3)n1. The third kappa shape index (κ3) is 3.56. The van der Waals surface area contributed by atoms with Gasteiger partial charge in [-0.25, -0.2) is 0 Å². The number of nitrogens with one attached hydrogen (secondary N) is 1. The van der Waals surface area contributed by atoms with Crippen LogP contribution in [0.3, 0.4) is 0 Å². The molecule has 0 unspecified atom stereocenters. The number of nitrogens with two attached hydrogens (primary N) is 1. The lowest BCUT2D eigenvalue weighted by Crippen LogP contribution is -2.28. The number of carbonyl (C=O) groups is 1. The van der Waals surface area contributed by atoms with E-state index in [0.717, 1.165) is 18.6 Å². The van der Waals surface area contributed by atoms with Crippen LogP contribution in [-0.4, -0.2) is 41.0 Å². The molecular formula is C18H21BN4O4. The summed E-state index contributed by atoms with van der Waals surface area (Å²) in [6.07, 6.45) is 4.40. The third-order valence-electron chi connectivity index (χ3n) is 4.96. The van der Waals surface area contributed by atoms with Gasteiger partial charge in [-0.15, -0.1) is 0 Å². The lowest BCUT2D eigenvalue weighted by molar-refractivity contribution is 0.0238. The summed E-state index contributed by atoms with van der Waals surface area (Å²) < 4.78 is 12.7. The van der Waals surface area contributed by atoms with E-state index in [1.807, 2.05) is 12.1 Å². The molecule has 2 aliphatic rings. The number of benzene rings is 1. The second-order valence-corrected chi connectivity index (χ2v) is 6.89. The largest absolute Gasteiger partial charge is 0.552 e. The lowest BCUT2D eigenvalue weighted by atomic mass is 9.86. The van der Waals surface area contributed by atoms with E-state index >= 15 is 0 Å². The molecule has 3 heterocycles.